The Morgan fingerprint density at radius 1 is 1.53 bits per heavy atom. The highest BCUT2D eigenvalue weighted by molar-refractivity contribution is 8.14. The van der Waals surface area contributed by atoms with E-state index in [0.29, 0.717) is 25.4 Å². The van der Waals surface area contributed by atoms with Gasteiger partial charge in [-0.25, -0.2) is 0 Å². The zero-order valence-electron chi connectivity index (χ0n) is 9.65. The van der Waals surface area contributed by atoms with Crippen molar-refractivity contribution in [2.45, 2.75) is 6.04 Å². The molecular formula is C9H18ClN3O3S. The van der Waals surface area contributed by atoms with Gasteiger partial charge >= 0.3 is 0 Å². The number of hydrogen-bond acceptors (Lipinski definition) is 5. The SMILES string of the molecule is COCCNCCNC(=O)[C@@H]1CSC(=O)N1.Cl. The molecular weight excluding hydrogens is 266 g/mol. The van der Waals surface area contributed by atoms with E-state index in [9.17, 15) is 9.59 Å². The molecule has 1 atom stereocenters. The molecule has 1 saturated heterocycles. The number of halogens is 1. The molecule has 17 heavy (non-hydrogen) atoms. The number of hydrogen-bond donors (Lipinski definition) is 3. The van der Waals surface area contributed by atoms with Gasteiger partial charge in [-0.1, -0.05) is 11.8 Å². The van der Waals surface area contributed by atoms with Crippen LogP contribution in [0, 0.1) is 0 Å². The number of methoxy groups -OCH3 is 1. The fourth-order valence-electron chi connectivity index (χ4n) is 1.22. The first kappa shape index (κ1) is 16.5. The van der Waals surface area contributed by atoms with Crippen LogP contribution in [0.15, 0.2) is 0 Å². The van der Waals surface area contributed by atoms with Gasteiger partial charge in [0.1, 0.15) is 6.04 Å². The lowest BCUT2D eigenvalue weighted by Crippen LogP contribution is -2.44. The molecule has 0 aromatic carbocycles. The second kappa shape index (κ2) is 9.52. The first-order valence-electron chi connectivity index (χ1n) is 5.14. The Morgan fingerprint density at radius 3 is 2.88 bits per heavy atom. The molecule has 0 spiro atoms. The predicted molar refractivity (Wildman–Crippen MR) is 69.8 cm³/mol. The molecule has 3 N–H and O–H groups in total. The van der Waals surface area contributed by atoms with Crippen LogP contribution < -0.4 is 16.0 Å². The van der Waals surface area contributed by atoms with Gasteiger partial charge in [0.15, 0.2) is 0 Å². The monoisotopic (exact) mass is 283 g/mol. The van der Waals surface area contributed by atoms with Gasteiger partial charge in [-0.05, 0) is 0 Å². The molecule has 1 heterocycles. The molecule has 0 unspecified atom stereocenters. The van der Waals surface area contributed by atoms with Gasteiger partial charge in [0.05, 0.1) is 6.61 Å². The Bertz CT molecular complexity index is 256. The number of nitrogens with one attached hydrogen (secondary N) is 3. The van der Waals surface area contributed by atoms with Crippen LogP contribution >= 0.6 is 24.2 Å². The van der Waals surface area contributed by atoms with Crippen molar-refractivity contribution in [3.05, 3.63) is 0 Å². The van der Waals surface area contributed by atoms with Crippen molar-refractivity contribution >= 4 is 35.3 Å². The van der Waals surface area contributed by atoms with Crippen molar-refractivity contribution in [1.29, 1.82) is 0 Å². The van der Waals surface area contributed by atoms with Crippen molar-refractivity contribution in [3.63, 3.8) is 0 Å². The molecule has 0 aliphatic carbocycles. The lowest BCUT2D eigenvalue weighted by atomic mass is 10.3. The summed E-state index contributed by atoms with van der Waals surface area (Å²) in [7, 11) is 1.64. The average molecular weight is 284 g/mol. The van der Waals surface area contributed by atoms with Crippen LogP contribution in [-0.2, 0) is 9.53 Å². The molecule has 0 saturated carbocycles. The smallest absolute Gasteiger partial charge is 0.279 e. The summed E-state index contributed by atoms with van der Waals surface area (Å²) in [6, 6.07) is -0.378. The standard InChI is InChI=1S/C9H17N3O3S.ClH/c1-15-5-4-10-2-3-11-8(13)7-6-16-9(14)12-7;/h7,10H,2-6H2,1H3,(H,11,13)(H,12,14);1H/t7-;/m0./s1. The summed E-state index contributed by atoms with van der Waals surface area (Å²) in [6.45, 7) is 2.67. The van der Waals surface area contributed by atoms with Gasteiger partial charge in [0, 0.05) is 32.5 Å². The topological polar surface area (TPSA) is 79.5 Å². The minimum atomic E-state index is -0.378. The number of thioether (sulfide) groups is 1. The van der Waals surface area contributed by atoms with E-state index in [2.05, 4.69) is 16.0 Å². The summed E-state index contributed by atoms with van der Waals surface area (Å²) in [5.74, 6) is 0.397. The molecule has 1 fully saturated rings. The zero-order chi connectivity index (χ0) is 11.8. The lowest BCUT2D eigenvalue weighted by Gasteiger charge is -2.10. The van der Waals surface area contributed by atoms with Crippen LogP contribution in [-0.4, -0.2) is 56.3 Å². The fourth-order valence-corrected chi connectivity index (χ4v) is 2.00. The van der Waals surface area contributed by atoms with E-state index in [-0.39, 0.29) is 29.6 Å². The minimum Gasteiger partial charge on any atom is -0.383 e. The highest BCUT2D eigenvalue weighted by Gasteiger charge is 2.27. The maximum atomic E-state index is 11.5. The largest absolute Gasteiger partial charge is 0.383 e. The summed E-state index contributed by atoms with van der Waals surface area (Å²) >= 11 is 1.14. The Morgan fingerprint density at radius 2 is 2.29 bits per heavy atom. The van der Waals surface area contributed by atoms with Crippen LogP contribution in [0.3, 0.4) is 0 Å². The van der Waals surface area contributed by atoms with Crippen molar-refractivity contribution < 1.29 is 14.3 Å². The Labute approximate surface area is 111 Å². The van der Waals surface area contributed by atoms with Gasteiger partial charge in [-0.15, -0.1) is 12.4 Å². The number of ether oxygens (including phenoxy) is 1. The van der Waals surface area contributed by atoms with E-state index in [1.165, 1.54) is 0 Å². The predicted octanol–water partition coefficient (Wildman–Crippen LogP) is -0.415. The molecule has 0 bridgehead atoms. The molecule has 0 aromatic rings. The van der Waals surface area contributed by atoms with Crippen LogP contribution in [0.5, 0.6) is 0 Å². The normalized spacial score (nSPS) is 18.4. The molecule has 1 aliphatic rings. The second-order valence-corrected chi connectivity index (χ2v) is 4.32. The van der Waals surface area contributed by atoms with E-state index in [1.54, 1.807) is 7.11 Å². The summed E-state index contributed by atoms with van der Waals surface area (Å²) in [5, 5.41) is 8.32. The number of amides is 2. The maximum Gasteiger partial charge on any atom is 0.279 e. The number of rotatable bonds is 7. The first-order valence-corrected chi connectivity index (χ1v) is 6.13. The molecule has 1 aliphatic heterocycles. The summed E-state index contributed by atoms with van der Waals surface area (Å²) < 4.78 is 4.86. The highest BCUT2D eigenvalue weighted by Crippen LogP contribution is 2.12. The van der Waals surface area contributed by atoms with Gasteiger partial charge in [0.25, 0.3) is 5.24 Å². The second-order valence-electron chi connectivity index (χ2n) is 3.33. The first-order chi connectivity index (χ1) is 7.74. The maximum absolute atomic E-state index is 11.5. The van der Waals surface area contributed by atoms with Crippen molar-refractivity contribution in [1.82, 2.24) is 16.0 Å². The van der Waals surface area contributed by atoms with E-state index in [0.717, 1.165) is 18.3 Å². The number of carbonyl (C=O) groups is 2. The summed E-state index contributed by atoms with van der Waals surface area (Å²) in [5.41, 5.74) is 0. The highest BCUT2D eigenvalue weighted by atomic mass is 35.5. The minimum absolute atomic E-state index is 0. The van der Waals surface area contributed by atoms with E-state index < -0.39 is 0 Å². The molecule has 0 radical (unpaired) electrons. The molecule has 6 nitrogen and oxygen atoms in total. The van der Waals surface area contributed by atoms with Gasteiger partial charge in [-0.3, -0.25) is 9.59 Å². The average Bonchev–Trinajstić information content (AvgIpc) is 2.70. The Balaban J connectivity index is 0.00000256. The van der Waals surface area contributed by atoms with Crippen LogP contribution in [0.1, 0.15) is 0 Å². The van der Waals surface area contributed by atoms with Gasteiger partial charge in [-0.2, -0.15) is 0 Å². The van der Waals surface area contributed by atoms with Gasteiger partial charge in [0.2, 0.25) is 5.91 Å². The third-order valence-corrected chi connectivity index (χ3v) is 2.95. The van der Waals surface area contributed by atoms with E-state index >= 15 is 0 Å². The molecule has 0 aromatic heterocycles. The molecule has 100 valence electrons. The molecule has 2 amide bonds. The zero-order valence-corrected chi connectivity index (χ0v) is 11.3. The fraction of sp³-hybridized carbons (Fsp3) is 0.778. The van der Waals surface area contributed by atoms with Crippen LogP contribution in [0.4, 0.5) is 4.79 Å². The van der Waals surface area contributed by atoms with E-state index in [4.69, 9.17) is 4.74 Å². The van der Waals surface area contributed by atoms with Crippen LogP contribution in [0.2, 0.25) is 0 Å². The Kier molecular flexibility index (Phi) is 9.24. The third-order valence-electron chi connectivity index (χ3n) is 2.07. The quantitative estimate of drug-likeness (QED) is 0.554. The van der Waals surface area contributed by atoms with E-state index in [1.807, 2.05) is 0 Å². The van der Waals surface area contributed by atoms with Crippen molar-refractivity contribution in [2.24, 2.45) is 0 Å². The third kappa shape index (κ3) is 6.72. The molecule has 8 heteroatoms. The van der Waals surface area contributed by atoms with Crippen molar-refractivity contribution in [2.75, 3.05) is 39.1 Å². The van der Waals surface area contributed by atoms with Crippen LogP contribution in [0.25, 0.3) is 0 Å². The summed E-state index contributed by atoms with van der Waals surface area (Å²) in [4.78, 5) is 22.3. The number of carbonyl (C=O) groups excluding carboxylic acids is 2. The lowest BCUT2D eigenvalue weighted by molar-refractivity contribution is -0.122. The van der Waals surface area contributed by atoms with Gasteiger partial charge < -0.3 is 20.7 Å². The summed E-state index contributed by atoms with van der Waals surface area (Å²) in [6.07, 6.45) is 0. The molecule has 1 rings (SSSR count). The Hall–Kier alpha value is -0.500. The van der Waals surface area contributed by atoms with Crippen molar-refractivity contribution in [3.8, 4) is 0 Å².